The molecular formula is C10H19N3. The Balaban J connectivity index is 2.40. The Kier molecular flexibility index (Phi) is 3.34. The van der Waals surface area contributed by atoms with Crippen LogP contribution in [0.15, 0.2) is 6.20 Å². The van der Waals surface area contributed by atoms with Crippen LogP contribution >= 0.6 is 0 Å². The molecule has 0 amide bonds. The topological polar surface area (TPSA) is 29.9 Å². The molecule has 0 atom stereocenters. The number of nitrogens with zero attached hydrogens (tertiary/aromatic N) is 2. The summed E-state index contributed by atoms with van der Waals surface area (Å²) in [6.07, 6.45) is 3.23. The van der Waals surface area contributed by atoms with E-state index in [1.807, 2.05) is 24.9 Å². The second-order valence-corrected chi connectivity index (χ2v) is 3.91. The first-order valence-electron chi connectivity index (χ1n) is 4.83. The van der Waals surface area contributed by atoms with Gasteiger partial charge in [-0.3, -0.25) is 4.68 Å². The summed E-state index contributed by atoms with van der Waals surface area (Å²) in [5.41, 5.74) is 2.23. The highest BCUT2D eigenvalue weighted by Crippen LogP contribution is 2.11. The van der Waals surface area contributed by atoms with Crippen LogP contribution in [0.4, 0.5) is 5.69 Å². The largest absolute Gasteiger partial charge is 0.382 e. The van der Waals surface area contributed by atoms with Crippen molar-refractivity contribution in [1.29, 1.82) is 0 Å². The van der Waals surface area contributed by atoms with E-state index in [0.29, 0.717) is 0 Å². The number of rotatable bonds is 4. The molecule has 0 bridgehead atoms. The van der Waals surface area contributed by atoms with E-state index in [4.69, 9.17) is 0 Å². The molecule has 13 heavy (non-hydrogen) atoms. The average molecular weight is 181 g/mol. The van der Waals surface area contributed by atoms with E-state index in [9.17, 15) is 0 Å². The molecule has 0 radical (unpaired) electrons. The lowest BCUT2D eigenvalue weighted by Gasteiger charge is -2.06. The van der Waals surface area contributed by atoms with Crippen LogP contribution in [-0.2, 0) is 7.05 Å². The highest BCUT2D eigenvalue weighted by molar-refractivity contribution is 5.45. The van der Waals surface area contributed by atoms with Crippen LogP contribution in [0.5, 0.6) is 0 Å². The highest BCUT2D eigenvalue weighted by Gasteiger charge is 2.01. The van der Waals surface area contributed by atoms with Crippen LogP contribution in [-0.4, -0.2) is 16.3 Å². The van der Waals surface area contributed by atoms with Crippen LogP contribution in [0.2, 0.25) is 0 Å². The van der Waals surface area contributed by atoms with Crippen molar-refractivity contribution >= 4 is 5.69 Å². The van der Waals surface area contributed by atoms with Gasteiger partial charge in [0.2, 0.25) is 0 Å². The second kappa shape index (κ2) is 4.30. The predicted octanol–water partition coefficient (Wildman–Crippen LogP) is 2.19. The molecule has 1 aromatic rings. The van der Waals surface area contributed by atoms with Crippen molar-refractivity contribution in [3.63, 3.8) is 0 Å². The lowest BCUT2D eigenvalue weighted by Crippen LogP contribution is -2.04. The number of aromatic nitrogens is 2. The summed E-state index contributed by atoms with van der Waals surface area (Å²) in [5.74, 6) is 0.754. The molecule has 0 fully saturated rings. The van der Waals surface area contributed by atoms with Gasteiger partial charge in [-0.15, -0.1) is 0 Å². The van der Waals surface area contributed by atoms with E-state index in [1.54, 1.807) is 0 Å². The summed E-state index contributed by atoms with van der Waals surface area (Å²) in [7, 11) is 1.95. The molecule has 1 aromatic heterocycles. The zero-order chi connectivity index (χ0) is 9.84. The van der Waals surface area contributed by atoms with Gasteiger partial charge in [-0.05, 0) is 19.3 Å². The zero-order valence-electron chi connectivity index (χ0n) is 8.96. The lowest BCUT2D eigenvalue weighted by atomic mass is 10.1. The predicted molar refractivity (Wildman–Crippen MR) is 55.9 cm³/mol. The van der Waals surface area contributed by atoms with Crippen molar-refractivity contribution in [2.75, 3.05) is 11.9 Å². The van der Waals surface area contributed by atoms with Gasteiger partial charge >= 0.3 is 0 Å². The highest BCUT2D eigenvalue weighted by atomic mass is 15.3. The molecule has 1 heterocycles. The molecule has 0 aliphatic rings. The summed E-state index contributed by atoms with van der Waals surface area (Å²) in [4.78, 5) is 0. The first-order chi connectivity index (χ1) is 6.09. The molecule has 0 aromatic carbocycles. The fraction of sp³-hybridized carbons (Fsp3) is 0.700. The van der Waals surface area contributed by atoms with Gasteiger partial charge in [0.05, 0.1) is 11.4 Å². The van der Waals surface area contributed by atoms with Crippen LogP contribution < -0.4 is 5.32 Å². The Hall–Kier alpha value is -0.990. The summed E-state index contributed by atoms with van der Waals surface area (Å²) in [6, 6.07) is 0. The molecule has 0 aliphatic heterocycles. The fourth-order valence-electron chi connectivity index (χ4n) is 1.27. The average Bonchev–Trinajstić information content (AvgIpc) is 2.29. The van der Waals surface area contributed by atoms with Crippen molar-refractivity contribution in [2.24, 2.45) is 13.0 Å². The van der Waals surface area contributed by atoms with Crippen molar-refractivity contribution in [2.45, 2.75) is 27.2 Å². The quantitative estimate of drug-likeness (QED) is 0.771. The SMILES string of the molecule is Cc1nn(C)cc1NCCC(C)C. The van der Waals surface area contributed by atoms with Gasteiger partial charge < -0.3 is 5.32 Å². The maximum absolute atomic E-state index is 4.26. The van der Waals surface area contributed by atoms with Crippen LogP contribution in [0.3, 0.4) is 0 Å². The lowest BCUT2D eigenvalue weighted by molar-refractivity contribution is 0.607. The van der Waals surface area contributed by atoms with Gasteiger partial charge in [-0.25, -0.2) is 0 Å². The van der Waals surface area contributed by atoms with Crippen LogP contribution in [0, 0.1) is 12.8 Å². The van der Waals surface area contributed by atoms with Crippen LogP contribution in [0.25, 0.3) is 0 Å². The Morgan fingerprint density at radius 2 is 2.23 bits per heavy atom. The minimum Gasteiger partial charge on any atom is -0.382 e. The van der Waals surface area contributed by atoms with Crippen molar-refractivity contribution in [3.05, 3.63) is 11.9 Å². The van der Waals surface area contributed by atoms with Gasteiger partial charge in [0.25, 0.3) is 0 Å². The van der Waals surface area contributed by atoms with Crippen LogP contribution in [0.1, 0.15) is 26.0 Å². The molecule has 0 saturated heterocycles. The normalized spacial score (nSPS) is 10.8. The zero-order valence-corrected chi connectivity index (χ0v) is 8.96. The van der Waals surface area contributed by atoms with E-state index in [1.165, 1.54) is 6.42 Å². The van der Waals surface area contributed by atoms with E-state index in [0.717, 1.165) is 23.8 Å². The van der Waals surface area contributed by atoms with E-state index in [2.05, 4.69) is 24.3 Å². The third-order valence-electron chi connectivity index (χ3n) is 2.05. The van der Waals surface area contributed by atoms with Gasteiger partial charge in [0, 0.05) is 19.8 Å². The molecule has 0 saturated carbocycles. The fourth-order valence-corrected chi connectivity index (χ4v) is 1.27. The van der Waals surface area contributed by atoms with Gasteiger partial charge in [0.1, 0.15) is 0 Å². The monoisotopic (exact) mass is 181 g/mol. The maximum atomic E-state index is 4.26. The molecule has 0 spiro atoms. The third kappa shape index (κ3) is 3.09. The summed E-state index contributed by atoms with van der Waals surface area (Å²) < 4.78 is 1.84. The standard InChI is InChI=1S/C10H19N3/c1-8(2)5-6-11-10-7-13(4)12-9(10)3/h7-8,11H,5-6H2,1-4H3. The summed E-state index contributed by atoms with van der Waals surface area (Å²) in [5, 5.41) is 7.64. The minimum absolute atomic E-state index is 0.754. The molecular weight excluding hydrogens is 162 g/mol. The van der Waals surface area contributed by atoms with E-state index in [-0.39, 0.29) is 0 Å². The smallest absolute Gasteiger partial charge is 0.0824 e. The number of anilines is 1. The molecule has 1 N–H and O–H groups in total. The number of hydrogen-bond donors (Lipinski definition) is 1. The molecule has 3 nitrogen and oxygen atoms in total. The van der Waals surface area contributed by atoms with Gasteiger partial charge in [0.15, 0.2) is 0 Å². The second-order valence-electron chi connectivity index (χ2n) is 3.91. The van der Waals surface area contributed by atoms with Gasteiger partial charge in [-0.2, -0.15) is 5.10 Å². The minimum atomic E-state index is 0.754. The van der Waals surface area contributed by atoms with E-state index < -0.39 is 0 Å². The first-order valence-corrected chi connectivity index (χ1v) is 4.83. The first kappa shape index (κ1) is 10.1. The molecule has 1 rings (SSSR count). The Bertz CT molecular complexity index is 263. The summed E-state index contributed by atoms with van der Waals surface area (Å²) in [6.45, 7) is 7.53. The number of hydrogen-bond acceptors (Lipinski definition) is 2. The number of nitrogens with one attached hydrogen (secondary N) is 1. The summed E-state index contributed by atoms with van der Waals surface area (Å²) >= 11 is 0. The molecule has 74 valence electrons. The van der Waals surface area contributed by atoms with Crippen molar-refractivity contribution in [3.8, 4) is 0 Å². The molecule has 3 heteroatoms. The maximum Gasteiger partial charge on any atom is 0.0824 e. The Labute approximate surface area is 80.1 Å². The molecule has 0 unspecified atom stereocenters. The van der Waals surface area contributed by atoms with Crippen molar-refractivity contribution in [1.82, 2.24) is 9.78 Å². The van der Waals surface area contributed by atoms with E-state index >= 15 is 0 Å². The van der Waals surface area contributed by atoms with Crippen molar-refractivity contribution < 1.29 is 0 Å². The Morgan fingerprint density at radius 3 is 2.69 bits per heavy atom. The van der Waals surface area contributed by atoms with Gasteiger partial charge in [-0.1, -0.05) is 13.8 Å². The molecule has 0 aliphatic carbocycles. The third-order valence-corrected chi connectivity index (χ3v) is 2.05. The number of aryl methyl sites for hydroxylation is 2. The Morgan fingerprint density at radius 1 is 1.54 bits per heavy atom.